The Labute approximate surface area is 142 Å². The zero-order valence-electron chi connectivity index (χ0n) is 13.6. The minimum Gasteiger partial charge on any atom is -0.355 e. The van der Waals surface area contributed by atoms with Crippen LogP contribution in [0.25, 0.3) is 10.9 Å². The first kappa shape index (κ1) is 16.3. The van der Waals surface area contributed by atoms with Crippen LogP contribution in [0.15, 0.2) is 41.4 Å². The highest BCUT2D eigenvalue weighted by Gasteiger charge is 2.18. The maximum Gasteiger partial charge on any atom is 0.233 e. The minimum absolute atomic E-state index is 0.0932. The van der Waals surface area contributed by atoms with Crippen LogP contribution >= 0.6 is 11.8 Å². The summed E-state index contributed by atoms with van der Waals surface area (Å²) < 4.78 is 0. The number of carbonyl (C=O) groups excluding carboxylic acids is 1. The quantitative estimate of drug-likeness (QED) is 0.827. The number of amides is 1. The smallest absolute Gasteiger partial charge is 0.233 e. The van der Waals surface area contributed by atoms with Gasteiger partial charge in [-0.25, -0.2) is 0 Å². The number of carbonyl (C=O) groups is 1. The number of fused-ring (bicyclic) bond motifs is 1. The lowest BCUT2D eigenvalue weighted by Gasteiger charge is -2.22. The summed E-state index contributed by atoms with van der Waals surface area (Å²) in [5, 5.41) is 4.17. The lowest BCUT2D eigenvalue weighted by atomic mass is 9.89. The number of hydrogen-bond acceptors (Lipinski definition) is 3. The molecule has 23 heavy (non-hydrogen) atoms. The molecule has 2 aromatic rings. The zero-order valence-corrected chi connectivity index (χ0v) is 14.4. The molecule has 0 radical (unpaired) electrons. The molecule has 4 heteroatoms. The lowest BCUT2D eigenvalue weighted by Crippen LogP contribution is -2.35. The van der Waals surface area contributed by atoms with Gasteiger partial charge in [0.15, 0.2) is 0 Å². The summed E-state index contributed by atoms with van der Waals surface area (Å²) in [6, 6.07) is 10.1. The molecular weight excluding hydrogens is 304 g/mol. The van der Waals surface area contributed by atoms with Crippen LogP contribution in [0.4, 0.5) is 0 Å². The highest BCUT2D eigenvalue weighted by atomic mass is 32.2. The Morgan fingerprint density at radius 1 is 1.26 bits per heavy atom. The average Bonchev–Trinajstić information content (AvgIpc) is 2.61. The van der Waals surface area contributed by atoms with E-state index in [2.05, 4.69) is 16.4 Å². The van der Waals surface area contributed by atoms with E-state index in [0.29, 0.717) is 5.92 Å². The monoisotopic (exact) mass is 328 g/mol. The van der Waals surface area contributed by atoms with Crippen LogP contribution in [0.1, 0.15) is 39.0 Å². The summed E-state index contributed by atoms with van der Waals surface area (Å²) in [4.78, 5) is 17.9. The van der Waals surface area contributed by atoms with E-state index in [1.54, 1.807) is 11.8 Å². The molecule has 1 heterocycles. The van der Waals surface area contributed by atoms with E-state index in [-0.39, 0.29) is 11.2 Å². The van der Waals surface area contributed by atoms with Crippen molar-refractivity contribution in [1.82, 2.24) is 10.3 Å². The molecule has 0 saturated heterocycles. The van der Waals surface area contributed by atoms with Crippen LogP contribution in [0.3, 0.4) is 0 Å². The normalized spacial score (nSPS) is 17.1. The van der Waals surface area contributed by atoms with E-state index in [0.717, 1.165) is 22.3 Å². The number of pyridine rings is 1. The topological polar surface area (TPSA) is 42.0 Å². The van der Waals surface area contributed by atoms with Crippen molar-refractivity contribution >= 4 is 28.6 Å². The van der Waals surface area contributed by atoms with Gasteiger partial charge in [-0.3, -0.25) is 9.78 Å². The van der Waals surface area contributed by atoms with E-state index in [9.17, 15) is 4.79 Å². The molecule has 1 aliphatic carbocycles. The Morgan fingerprint density at radius 2 is 2.04 bits per heavy atom. The molecule has 1 aromatic heterocycles. The summed E-state index contributed by atoms with van der Waals surface area (Å²) in [5.41, 5.74) is 0.979. The first-order valence-corrected chi connectivity index (χ1v) is 9.40. The molecule has 1 aliphatic rings. The molecule has 3 rings (SSSR count). The second kappa shape index (κ2) is 7.82. The number of aromatic nitrogens is 1. The Morgan fingerprint density at radius 3 is 2.87 bits per heavy atom. The number of thioether (sulfide) groups is 1. The van der Waals surface area contributed by atoms with E-state index >= 15 is 0 Å². The molecule has 1 fully saturated rings. The summed E-state index contributed by atoms with van der Waals surface area (Å²) in [6.45, 7) is 2.82. The summed E-state index contributed by atoms with van der Waals surface area (Å²) in [6.07, 6.45) is 8.32. The molecule has 1 aromatic carbocycles. The van der Waals surface area contributed by atoms with Crippen molar-refractivity contribution in [2.45, 2.75) is 49.2 Å². The molecule has 122 valence electrons. The molecule has 3 nitrogen and oxygen atoms in total. The number of nitrogens with one attached hydrogen (secondary N) is 1. The lowest BCUT2D eigenvalue weighted by molar-refractivity contribution is -0.120. The fourth-order valence-corrected chi connectivity index (χ4v) is 4.21. The molecule has 0 bridgehead atoms. The van der Waals surface area contributed by atoms with Gasteiger partial charge in [0, 0.05) is 23.0 Å². The van der Waals surface area contributed by atoms with Gasteiger partial charge in [-0.1, -0.05) is 37.5 Å². The molecular formula is C19H24N2OS. The van der Waals surface area contributed by atoms with Crippen molar-refractivity contribution in [3.8, 4) is 0 Å². The third kappa shape index (κ3) is 4.25. The van der Waals surface area contributed by atoms with Crippen molar-refractivity contribution in [2.75, 3.05) is 6.54 Å². The number of rotatable bonds is 5. The first-order valence-electron chi connectivity index (χ1n) is 8.52. The standard InChI is InChI=1S/C19H24N2OS/c1-14(19(22)21-13-15-7-3-2-4-8-15)23-18-11-12-20-17-10-6-5-9-16(17)18/h5-6,9-12,14-15H,2-4,7-8,13H2,1H3,(H,21,22). The van der Waals surface area contributed by atoms with Crippen molar-refractivity contribution in [3.05, 3.63) is 36.5 Å². The number of para-hydroxylation sites is 1. The van der Waals surface area contributed by atoms with Gasteiger partial charge in [-0.15, -0.1) is 11.8 Å². The third-order valence-corrected chi connectivity index (χ3v) is 5.75. The maximum atomic E-state index is 12.4. The van der Waals surface area contributed by atoms with E-state index in [1.807, 2.05) is 37.4 Å². The molecule has 1 saturated carbocycles. The molecule has 1 unspecified atom stereocenters. The van der Waals surface area contributed by atoms with Crippen LogP contribution in [-0.2, 0) is 4.79 Å². The fourth-order valence-electron chi connectivity index (χ4n) is 3.20. The SMILES string of the molecule is CC(Sc1ccnc2ccccc12)C(=O)NCC1CCCCC1. The average molecular weight is 328 g/mol. The maximum absolute atomic E-state index is 12.4. The van der Waals surface area contributed by atoms with Gasteiger partial charge < -0.3 is 5.32 Å². The van der Waals surface area contributed by atoms with Crippen LogP contribution in [0.2, 0.25) is 0 Å². The van der Waals surface area contributed by atoms with Gasteiger partial charge >= 0.3 is 0 Å². The first-order chi connectivity index (χ1) is 11.2. The molecule has 0 aliphatic heterocycles. The predicted octanol–water partition coefficient (Wildman–Crippen LogP) is 4.41. The van der Waals surface area contributed by atoms with Crippen LogP contribution < -0.4 is 5.32 Å². The number of nitrogens with zero attached hydrogens (tertiary/aromatic N) is 1. The van der Waals surface area contributed by atoms with Gasteiger partial charge in [0.1, 0.15) is 0 Å². The second-order valence-corrected chi connectivity index (χ2v) is 7.72. The highest BCUT2D eigenvalue weighted by molar-refractivity contribution is 8.00. The summed E-state index contributed by atoms with van der Waals surface area (Å²) in [7, 11) is 0. The number of hydrogen-bond donors (Lipinski definition) is 1. The Kier molecular flexibility index (Phi) is 5.55. The van der Waals surface area contributed by atoms with E-state index < -0.39 is 0 Å². The summed E-state index contributed by atoms with van der Waals surface area (Å²) >= 11 is 1.62. The zero-order chi connectivity index (χ0) is 16.1. The van der Waals surface area contributed by atoms with Gasteiger partial charge in [0.05, 0.1) is 10.8 Å². The van der Waals surface area contributed by atoms with Crippen molar-refractivity contribution in [2.24, 2.45) is 5.92 Å². The highest BCUT2D eigenvalue weighted by Crippen LogP contribution is 2.30. The molecule has 1 amide bonds. The second-order valence-electron chi connectivity index (χ2n) is 6.34. The van der Waals surface area contributed by atoms with E-state index in [1.165, 1.54) is 32.1 Å². The van der Waals surface area contributed by atoms with Gasteiger partial charge in [0.2, 0.25) is 5.91 Å². The van der Waals surface area contributed by atoms with Gasteiger partial charge in [0.25, 0.3) is 0 Å². The van der Waals surface area contributed by atoms with Gasteiger partial charge in [-0.05, 0) is 37.8 Å². The molecule has 1 N–H and O–H groups in total. The number of benzene rings is 1. The Hall–Kier alpha value is -1.55. The third-order valence-electron chi connectivity index (χ3n) is 4.57. The fraction of sp³-hybridized carbons (Fsp3) is 0.474. The van der Waals surface area contributed by atoms with Crippen LogP contribution in [0, 0.1) is 5.92 Å². The Bertz CT molecular complexity index is 662. The van der Waals surface area contributed by atoms with Crippen molar-refractivity contribution in [3.63, 3.8) is 0 Å². The molecule has 1 atom stereocenters. The predicted molar refractivity (Wildman–Crippen MR) is 96.6 cm³/mol. The van der Waals surface area contributed by atoms with Crippen LogP contribution in [-0.4, -0.2) is 22.7 Å². The van der Waals surface area contributed by atoms with Crippen molar-refractivity contribution < 1.29 is 4.79 Å². The molecule has 0 spiro atoms. The summed E-state index contributed by atoms with van der Waals surface area (Å²) in [5.74, 6) is 0.813. The minimum atomic E-state index is -0.0932. The van der Waals surface area contributed by atoms with Gasteiger partial charge in [-0.2, -0.15) is 0 Å². The largest absolute Gasteiger partial charge is 0.355 e. The van der Waals surface area contributed by atoms with Crippen molar-refractivity contribution in [1.29, 1.82) is 0 Å². The van der Waals surface area contributed by atoms with E-state index in [4.69, 9.17) is 0 Å². The Balaban J connectivity index is 1.59. The van der Waals surface area contributed by atoms with Crippen LogP contribution in [0.5, 0.6) is 0 Å².